The van der Waals surface area contributed by atoms with Crippen LogP contribution in [0.1, 0.15) is 12.8 Å². The smallest absolute Gasteiger partial charge is 0.273 e. The maximum absolute atomic E-state index is 13.1. The van der Waals surface area contributed by atoms with Crippen molar-refractivity contribution in [3.63, 3.8) is 0 Å². The van der Waals surface area contributed by atoms with E-state index in [0.717, 1.165) is 0 Å². The van der Waals surface area contributed by atoms with Gasteiger partial charge in [0.2, 0.25) is 0 Å². The third-order valence-electron chi connectivity index (χ3n) is 2.06. The maximum Gasteiger partial charge on any atom is 0.273 e. The van der Waals surface area contributed by atoms with Crippen LogP contribution in [0, 0.1) is 5.92 Å². The number of ketones is 1. The van der Waals surface area contributed by atoms with E-state index in [1.54, 1.807) is 0 Å². The lowest BCUT2D eigenvalue weighted by molar-refractivity contribution is -0.304. The second-order valence-corrected chi connectivity index (χ2v) is 3.32. The zero-order valence-corrected chi connectivity index (χ0v) is 7.78. The highest BCUT2D eigenvalue weighted by molar-refractivity contribution is 5.94. The van der Waals surface area contributed by atoms with Crippen molar-refractivity contribution in [2.75, 3.05) is 0 Å². The van der Waals surface area contributed by atoms with Crippen molar-refractivity contribution in [2.24, 2.45) is 5.92 Å². The van der Waals surface area contributed by atoms with Gasteiger partial charge in [0, 0.05) is 18.8 Å². The predicted molar refractivity (Wildman–Crippen MR) is 46.0 cm³/mol. The van der Waals surface area contributed by atoms with Crippen LogP contribution in [0.4, 0.5) is 8.78 Å². The highest BCUT2D eigenvalue weighted by atomic mass is 19.3. The zero-order chi connectivity index (χ0) is 11.5. The third-order valence-corrected chi connectivity index (χ3v) is 2.06. The molecule has 1 aliphatic rings. The molecule has 5 heteroatoms. The number of hydrogen-bond acceptors (Lipinski definition) is 3. The second-order valence-electron chi connectivity index (χ2n) is 3.32. The average molecular weight is 215 g/mol. The highest BCUT2D eigenvalue weighted by Crippen LogP contribution is 2.32. The fourth-order valence-corrected chi connectivity index (χ4v) is 1.32. The van der Waals surface area contributed by atoms with Gasteiger partial charge in [0.05, 0.1) is 5.92 Å². The summed E-state index contributed by atoms with van der Waals surface area (Å²) in [6.07, 6.45) is 3.21. The zero-order valence-electron chi connectivity index (χ0n) is 7.78. The van der Waals surface area contributed by atoms with Crippen LogP contribution in [0.3, 0.4) is 0 Å². The van der Waals surface area contributed by atoms with Gasteiger partial charge >= 0.3 is 0 Å². The van der Waals surface area contributed by atoms with E-state index in [0.29, 0.717) is 6.08 Å². The molecule has 0 spiro atoms. The summed E-state index contributed by atoms with van der Waals surface area (Å²) in [6, 6.07) is 0. The van der Waals surface area contributed by atoms with Crippen LogP contribution in [-0.2, 0) is 9.59 Å². The summed E-state index contributed by atoms with van der Waals surface area (Å²) in [5.74, 6) is -6.64. The topological polar surface area (TPSA) is 57.2 Å². The number of aliphatic carboxylic acids is 1. The number of hydrogen-bond donors (Lipinski definition) is 0. The quantitative estimate of drug-likeness (QED) is 0.640. The first-order valence-corrected chi connectivity index (χ1v) is 4.37. The molecule has 1 aliphatic carbocycles. The number of alkyl halides is 2. The molecule has 0 radical (unpaired) electrons. The van der Waals surface area contributed by atoms with E-state index >= 15 is 0 Å². The minimum absolute atomic E-state index is 0.484. The third kappa shape index (κ3) is 3.27. The number of rotatable bonds is 4. The van der Waals surface area contributed by atoms with Crippen LogP contribution in [0.2, 0.25) is 0 Å². The van der Waals surface area contributed by atoms with Gasteiger partial charge in [-0.25, -0.2) is 8.78 Å². The molecule has 0 fully saturated rings. The molecule has 0 heterocycles. The molecule has 0 saturated carbocycles. The summed E-state index contributed by atoms with van der Waals surface area (Å²) in [5.41, 5.74) is 0. The van der Waals surface area contributed by atoms with E-state index in [4.69, 9.17) is 0 Å². The van der Waals surface area contributed by atoms with Gasteiger partial charge in [-0.2, -0.15) is 0 Å². The van der Waals surface area contributed by atoms with Crippen molar-refractivity contribution in [1.82, 2.24) is 0 Å². The van der Waals surface area contributed by atoms with Gasteiger partial charge in [-0.1, -0.05) is 18.2 Å². The molecule has 0 bridgehead atoms. The van der Waals surface area contributed by atoms with Crippen molar-refractivity contribution in [2.45, 2.75) is 18.8 Å². The largest absolute Gasteiger partial charge is 0.550 e. The Kier molecular flexibility index (Phi) is 3.34. The van der Waals surface area contributed by atoms with Crippen LogP contribution in [-0.4, -0.2) is 17.7 Å². The van der Waals surface area contributed by atoms with E-state index in [9.17, 15) is 23.5 Å². The molecular weight excluding hydrogens is 206 g/mol. The summed E-state index contributed by atoms with van der Waals surface area (Å²) in [5, 5.41) is 10.1. The minimum atomic E-state index is -3.09. The summed E-state index contributed by atoms with van der Waals surface area (Å²) < 4.78 is 26.2. The van der Waals surface area contributed by atoms with Gasteiger partial charge in [-0.05, 0) is 6.08 Å². The molecule has 0 saturated heterocycles. The van der Waals surface area contributed by atoms with E-state index in [-0.39, 0.29) is 0 Å². The first-order chi connectivity index (χ1) is 6.92. The van der Waals surface area contributed by atoms with Crippen LogP contribution in [0.15, 0.2) is 24.3 Å². The number of allylic oxidation sites excluding steroid dienone is 4. The van der Waals surface area contributed by atoms with E-state index < -0.39 is 36.4 Å². The standard InChI is InChI=1S/C10H10F2O3/c11-10(12)4-2-1-3-7(10)5-8(13)6-9(14)15/h1-4,7H,5-6H2,(H,14,15)/p-1. The number of carbonyl (C=O) groups is 2. The lowest BCUT2D eigenvalue weighted by Gasteiger charge is -2.22. The molecule has 3 nitrogen and oxygen atoms in total. The number of carbonyl (C=O) groups excluding carboxylic acids is 2. The Labute approximate surface area is 85.1 Å². The van der Waals surface area contributed by atoms with E-state index in [1.807, 2.05) is 0 Å². The predicted octanol–water partition coefficient (Wildman–Crippen LogP) is 0.463. The normalized spacial score (nSPS) is 22.7. The molecular formula is C10H9F2O3-. The fourth-order valence-electron chi connectivity index (χ4n) is 1.32. The molecule has 0 aromatic carbocycles. The van der Waals surface area contributed by atoms with Crippen molar-refractivity contribution < 1.29 is 23.5 Å². The Morgan fingerprint density at radius 3 is 2.53 bits per heavy atom. The van der Waals surface area contributed by atoms with Gasteiger partial charge in [-0.3, -0.25) is 4.79 Å². The number of Topliss-reactive ketones (excluding diaryl/α,β-unsaturated/α-hetero) is 1. The molecule has 0 amide bonds. The Balaban J connectivity index is 2.58. The van der Waals surface area contributed by atoms with Gasteiger partial charge < -0.3 is 9.90 Å². The molecule has 1 unspecified atom stereocenters. The van der Waals surface area contributed by atoms with Crippen molar-refractivity contribution in [3.8, 4) is 0 Å². The van der Waals surface area contributed by atoms with Gasteiger partial charge in [0.1, 0.15) is 5.78 Å². The monoisotopic (exact) mass is 215 g/mol. The number of carboxylic acids is 1. The molecule has 0 aromatic heterocycles. The van der Waals surface area contributed by atoms with Crippen molar-refractivity contribution in [1.29, 1.82) is 0 Å². The van der Waals surface area contributed by atoms with Crippen LogP contribution < -0.4 is 5.11 Å². The highest BCUT2D eigenvalue weighted by Gasteiger charge is 2.37. The molecule has 1 atom stereocenters. The van der Waals surface area contributed by atoms with Crippen LogP contribution in [0.25, 0.3) is 0 Å². The Morgan fingerprint density at radius 1 is 1.33 bits per heavy atom. The Morgan fingerprint density at radius 2 is 2.00 bits per heavy atom. The summed E-state index contributed by atoms with van der Waals surface area (Å²) in [4.78, 5) is 21.1. The van der Waals surface area contributed by atoms with E-state index in [2.05, 4.69) is 0 Å². The Hall–Kier alpha value is -1.52. The summed E-state index contributed by atoms with van der Waals surface area (Å²) >= 11 is 0. The molecule has 0 N–H and O–H groups in total. The van der Waals surface area contributed by atoms with Crippen molar-refractivity contribution >= 4 is 11.8 Å². The van der Waals surface area contributed by atoms with E-state index in [1.165, 1.54) is 18.2 Å². The van der Waals surface area contributed by atoms with Crippen LogP contribution in [0.5, 0.6) is 0 Å². The first kappa shape index (κ1) is 11.6. The fraction of sp³-hybridized carbons (Fsp3) is 0.400. The SMILES string of the molecule is O=C([O-])CC(=O)CC1C=CC=CC1(F)F. The lowest BCUT2D eigenvalue weighted by atomic mass is 9.91. The lowest BCUT2D eigenvalue weighted by Crippen LogP contribution is -2.31. The Bertz CT molecular complexity index is 332. The first-order valence-electron chi connectivity index (χ1n) is 4.37. The minimum Gasteiger partial charge on any atom is -0.550 e. The number of halogens is 2. The van der Waals surface area contributed by atoms with Gasteiger partial charge in [-0.15, -0.1) is 0 Å². The van der Waals surface area contributed by atoms with Crippen molar-refractivity contribution in [3.05, 3.63) is 24.3 Å². The average Bonchev–Trinajstić information content (AvgIpc) is 2.07. The van der Waals surface area contributed by atoms with Gasteiger partial charge in [0.15, 0.2) is 0 Å². The number of carboxylic acid groups (broad SMARTS) is 1. The van der Waals surface area contributed by atoms with Gasteiger partial charge in [0.25, 0.3) is 5.92 Å². The summed E-state index contributed by atoms with van der Waals surface area (Å²) in [7, 11) is 0. The van der Waals surface area contributed by atoms with Crippen LogP contribution >= 0.6 is 0 Å². The molecule has 1 rings (SSSR count). The molecule has 82 valence electrons. The maximum atomic E-state index is 13.1. The molecule has 0 aliphatic heterocycles. The second kappa shape index (κ2) is 4.33. The molecule has 0 aromatic rings. The summed E-state index contributed by atoms with van der Waals surface area (Å²) in [6.45, 7) is 0. The molecule has 15 heavy (non-hydrogen) atoms.